The van der Waals surface area contributed by atoms with Crippen LogP contribution in [-0.4, -0.2) is 179 Å². The van der Waals surface area contributed by atoms with Crippen molar-refractivity contribution >= 4 is 75.8 Å². The van der Waals surface area contributed by atoms with E-state index in [0.717, 1.165) is 33.4 Å². The Hall–Kier alpha value is -10.3. The molecule has 100 heavy (non-hydrogen) atoms. The Morgan fingerprint density at radius 1 is 0.640 bits per heavy atom. The van der Waals surface area contributed by atoms with Crippen LogP contribution < -0.4 is 21.3 Å². The van der Waals surface area contributed by atoms with Gasteiger partial charge in [0, 0.05) is 96.4 Å². The second kappa shape index (κ2) is 41.9. The van der Waals surface area contributed by atoms with Crippen molar-refractivity contribution in [3.05, 3.63) is 166 Å². The lowest BCUT2D eigenvalue weighted by atomic mass is 9.96. The molecule has 0 unspecified atom stereocenters. The highest BCUT2D eigenvalue weighted by molar-refractivity contribution is 6.03. The van der Waals surface area contributed by atoms with Crippen LogP contribution in [0.1, 0.15) is 126 Å². The number of ketones is 3. The van der Waals surface area contributed by atoms with Gasteiger partial charge in [0.15, 0.2) is 17.3 Å². The Morgan fingerprint density at radius 3 is 1.55 bits per heavy atom. The SMILES string of the molecule is C=C1C[C@@H](CO)N(C(=O)c2cc(C)c(C)cc2CC(=O)OCc2ccc(NC(=O)[C@H](C)CC(=O)[C@H](C)NC(=O)CCOCCN=[N+]=[N-])cc2)C1.C[C@H](CC(=O)[C@H](C)NC(=O)CCOCCN=[N+]=[N-])C(=O)Nc1ccc(CO)cc1.Cc1cc(C(=O)N2CC(=O)C[C@H]2CO)c([N+](=O)[O-])cc1C. The standard InChI is InChI=1S/C36H46N6O8.C19H27N5O5.C14H16N2O5/c1-22-14-30(20-43)42(19-22)36(48)31-16-24(3)23(2)15-28(31)18-34(46)50-21-27-6-8-29(9-7-27)40-35(47)25(4)17-32(44)26(5)39-33(45)10-12-49-13-11-38-41-37;1-13(19(28)23-16-5-3-15(12-25)4-6-16)11-17(26)14(2)22-18(27)7-9-29-10-8-21-24-20;1-8-3-12(13(16(20)21)4-9(8)2)14(19)15-6-11(18)5-10(15)7-17/h6-9,15-16,25-26,30,43H,1,10-14,17-21H2,2-5H3,(H,39,45)(H,40,47);3-6,13-14,25H,7-12H2,1-2H3,(H,22,27)(H,23,28);3-4,10,17H,5-7H2,1-2H3/t25-,26+,30+;13-,14+;10-/m110/s1. The van der Waals surface area contributed by atoms with E-state index in [1.165, 1.54) is 17.0 Å². The van der Waals surface area contributed by atoms with Crippen LogP contribution in [0, 0.1) is 49.6 Å². The Labute approximate surface area is 578 Å². The van der Waals surface area contributed by atoms with Crippen molar-refractivity contribution in [2.45, 2.75) is 138 Å². The molecule has 2 aliphatic heterocycles. The molecule has 4 aromatic rings. The van der Waals surface area contributed by atoms with Crippen molar-refractivity contribution < 1.29 is 82.4 Å². The summed E-state index contributed by atoms with van der Waals surface area (Å²) < 4.78 is 15.8. The largest absolute Gasteiger partial charge is 0.461 e. The molecule has 4 aromatic carbocycles. The monoisotopic (exact) mass is 1390 g/mol. The first-order valence-corrected chi connectivity index (χ1v) is 32.3. The van der Waals surface area contributed by atoms with Crippen molar-refractivity contribution in [2.24, 2.45) is 22.1 Å². The molecular weight excluding hydrogens is 1300 g/mol. The fourth-order valence-corrected chi connectivity index (χ4v) is 10.1. The Kier molecular flexibility index (Phi) is 34.4. The molecule has 6 amide bonds. The van der Waals surface area contributed by atoms with Crippen LogP contribution >= 0.6 is 0 Å². The lowest BCUT2D eigenvalue weighted by molar-refractivity contribution is -0.385. The first-order chi connectivity index (χ1) is 47.5. The van der Waals surface area contributed by atoms with Crippen molar-refractivity contribution in [1.29, 1.82) is 0 Å². The number of aliphatic hydroxyl groups excluding tert-OH is 3. The van der Waals surface area contributed by atoms with Crippen molar-refractivity contribution in [3.63, 3.8) is 0 Å². The predicted octanol–water partition coefficient (Wildman–Crippen LogP) is 7.03. The molecule has 2 saturated heterocycles. The number of benzene rings is 4. The molecule has 0 saturated carbocycles. The van der Waals surface area contributed by atoms with Gasteiger partial charge >= 0.3 is 5.97 Å². The van der Waals surface area contributed by atoms with Crippen LogP contribution in [0.4, 0.5) is 17.1 Å². The molecule has 0 spiro atoms. The summed E-state index contributed by atoms with van der Waals surface area (Å²) in [5, 5.41) is 56.5. The molecule has 2 heterocycles. The maximum Gasteiger partial charge on any atom is 0.310 e. The van der Waals surface area contributed by atoms with E-state index in [9.17, 15) is 68.3 Å². The number of nitrogens with one attached hydrogen (secondary N) is 4. The maximum atomic E-state index is 13.5. The molecule has 2 fully saturated rings. The number of hydrogen-bond donors (Lipinski definition) is 7. The zero-order chi connectivity index (χ0) is 74.2. The molecule has 0 aliphatic carbocycles. The van der Waals surface area contributed by atoms with Crippen LogP contribution in [0.25, 0.3) is 20.9 Å². The van der Waals surface area contributed by atoms with Gasteiger partial charge in [-0.05, 0) is 134 Å². The summed E-state index contributed by atoms with van der Waals surface area (Å²) in [5.74, 6) is -4.67. The summed E-state index contributed by atoms with van der Waals surface area (Å²) in [5.41, 5.74) is 23.7. The normalized spacial score (nSPS) is 14.9. The highest BCUT2D eigenvalue weighted by atomic mass is 16.6. The lowest BCUT2D eigenvalue weighted by Crippen LogP contribution is -2.40. The molecule has 0 radical (unpaired) electrons. The lowest BCUT2D eigenvalue weighted by Gasteiger charge is -2.24. The van der Waals surface area contributed by atoms with Gasteiger partial charge in [0.05, 0.1) is 88.3 Å². The van der Waals surface area contributed by atoms with Gasteiger partial charge in [-0.2, -0.15) is 0 Å². The van der Waals surface area contributed by atoms with Gasteiger partial charge in [0.25, 0.3) is 17.5 Å². The second-order valence-corrected chi connectivity index (χ2v) is 24.3. The van der Waals surface area contributed by atoms with Gasteiger partial charge < -0.3 is 60.6 Å². The number of Topliss-reactive ketones (excluding diaryl/α,β-unsaturated/α-hetero) is 3. The summed E-state index contributed by atoms with van der Waals surface area (Å²) in [6, 6.07) is 17.4. The topological polar surface area (TPSA) is 454 Å². The van der Waals surface area contributed by atoms with Gasteiger partial charge in [-0.25, -0.2) is 0 Å². The molecule has 31 nitrogen and oxygen atoms in total. The molecule has 6 rings (SSSR count). The molecule has 2 aliphatic rings. The number of likely N-dealkylation sites (tertiary alicyclic amines) is 2. The number of nitro benzene ring substituents is 1. The van der Waals surface area contributed by atoms with Gasteiger partial charge in [0.1, 0.15) is 12.2 Å². The van der Waals surface area contributed by atoms with E-state index in [2.05, 4.69) is 47.9 Å². The predicted molar refractivity (Wildman–Crippen MR) is 367 cm³/mol. The van der Waals surface area contributed by atoms with Crippen LogP contribution in [0.3, 0.4) is 0 Å². The number of carbonyl (C=O) groups is 10. The zero-order valence-corrected chi connectivity index (χ0v) is 57.5. The van der Waals surface area contributed by atoms with E-state index in [-0.39, 0.29) is 175 Å². The number of aliphatic hydroxyl groups is 3. The first-order valence-electron chi connectivity index (χ1n) is 32.3. The van der Waals surface area contributed by atoms with Gasteiger partial charge in [-0.1, -0.05) is 66.6 Å². The average Bonchev–Trinajstić information content (AvgIpc) is 1.39. The van der Waals surface area contributed by atoms with E-state index in [1.54, 1.807) is 101 Å². The number of carbonyl (C=O) groups excluding carboxylic acids is 10. The van der Waals surface area contributed by atoms with E-state index in [1.807, 2.05) is 19.9 Å². The third-order valence-corrected chi connectivity index (χ3v) is 16.3. The number of nitrogens with zero attached hydrogens (tertiary/aromatic N) is 9. The molecular formula is C69H89N13O18. The van der Waals surface area contributed by atoms with E-state index >= 15 is 0 Å². The Morgan fingerprint density at radius 2 is 1.08 bits per heavy atom. The van der Waals surface area contributed by atoms with Crippen molar-refractivity contribution in [1.82, 2.24) is 20.4 Å². The summed E-state index contributed by atoms with van der Waals surface area (Å²) in [6.45, 7) is 18.3. The third kappa shape index (κ3) is 26.9. The molecule has 0 bridgehead atoms. The zero-order valence-electron chi connectivity index (χ0n) is 57.5. The minimum absolute atomic E-state index is 0.00926. The quantitative estimate of drug-likeness (QED) is 0.00360. The van der Waals surface area contributed by atoms with Gasteiger partial charge in [0.2, 0.25) is 23.6 Å². The summed E-state index contributed by atoms with van der Waals surface area (Å²) in [7, 11) is 0. The number of anilines is 2. The van der Waals surface area contributed by atoms with E-state index in [4.69, 9.17) is 30.4 Å². The highest BCUT2D eigenvalue weighted by Gasteiger charge is 2.37. The van der Waals surface area contributed by atoms with Crippen LogP contribution in [0.2, 0.25) is 0 Å². The summed E-state index contributed by atoms with van der Waals surface area (Å²) in [4.78, 5) is 143. The number of aryl methyl sites for hydroxylation is 4. The summed E-state index contributed by atoms with van der Waals surface area (Å²) in [6.07, 6.45) is 0.540. The first kappa shape index (κ1) is 82.2. The fourth-order valence-electron chi connectivity index (χ4n) is 10.1. The molecule has 6 atom stereocenters. The minimum Gasteiger partial charge on any atom is -0.461 e. The highest BCUT2D eigenvalue weighted by Crippen LogP contribution is 2.29. The minimum atomic E-state index is -0.783. The third-order valence-electron chi connectivity index (χ3n) is 16.3. The Balaban J connectivity index is 0.000000356. The number of azide groups is 2. The second-order valence-electron chi connectivity index (χ2n) is 24.3. The van der Waals surface area contributed by atoms with Crippen molar-refractivity contribution in [2.75, 3.05) is 76.5 Å². The van der Waals surface area contributed by atoms with E-state index < -0.39 is 46.8 Å². The molecule has 7 N–H and O–H groups in total. The fraction of sp³-hybridized carbons (Fsp3) is 0.478. The number of rotatable bonds is 34. The van der Waals surface area contributed by atoms with Crippen LogP contribution in [0.15, 0.2) is 95.2 Å². The van der Waals surface area contributed by atoms with Gasteiger partial charge in [-0.3, -0.25) is 58.1 Å². The molecule has 538 valence electrons. The smallest absolute Gasteiger partial charge is 0.310 e. The number of ether oxygens (including phenoxy) is 3. The summed E-state index contributed by atoms with van der Waals surface area (Å²) >= 11 is 0. The maximum absolute atomic E-state index is 13.5. The van der Waals surface area contributed by atoms with Crippen LogP contribution in [0.5, 0.6) is 0 Å². The Bertz CT molecular complexity index is 3680. The number of hydrogen-bond acceptors (Lipinski definition) is 20. The number of nitro groups is 1. The van der Waals surface area contributed by atoms with Gasteiger partial charge in [-0.15, -0.1) is 0 Å². The number of esters is 1. The van der Waals surface area contributed by atoms with E-state index in [0.29, 0.717) is 41.0 Å². The van der Waals surface area contributed by atoms with Crippen LogP contribution in [-0.2, 0) is 72.2 Å². The molecule has 0 aromatic heterocycles. The average molecular weight is 1390 g/mol. The molecule has 31 heteroatoms. The van der Waals surface area contributed by atoms with Crippen molar-refractivity contribution in [3.8, 4) is 0 Å². The number of amides is 6.